The van der Waals surface area contributed by atoms with Crippen molar-refractivity contribution in [3.8, 4) is 0 Å². The number of carbonyl (C=O) groups excluding carboxylic acids is 4. The molecule has 0 aliphatic rings. The number of unbranched alkanes of at least 4 members (excludes halogenated alkanes) is 2. The first-order valence-corrected chi connectivity index (χ1v) is 12.1. The quantitative estimate of drug-likeness (QED) is 0.0913. The lowest BCUT2D eigenvalue weighted by Gasteiger charge is -2.26. The first kappa shape index (κ1) is 32.2. The van der Waals surface area contributed by atoms with Gasteiger partial charge in [-0.1, -0.05) is 20.3 Å². The van der Waals surface area contributed by atoms with Crippen molar-refractivity contribution in [2.75, 3.05) is 13.1 Å². The average Bonchev–Trinajstić information content (AvgIpc) is 2.80. The predicted molar refractivity (Wildman–Crippen MR) is 130 cm³/mol. The molecule has 0 bridgehead atoms. The molecule has 13 nitrogen and oxygen atoms in total. The van der Waals surface area contributed by atoms with Gasteiger partial charge in [0.2, 0.25) is 23.6 Å². The number of carbonyl (C=O) groups is 5. The second kappa shape index (κ2) is 17.6. The molecule has 5 unspecified atom stereocenters. The molecule has 0 rings (SSSR count). The Balaban J connectivity index is 5.57. The second-order valence-corrected chi connectivity index (χ2v) is 8.67. The number of hydrogen-bond donors (Lipinski definition) is 8. The molecule has 4 amide bonds. The van der Waals surface area contributed by atoms with E-state index in [4.69, 9.17) is 22.9 Å². The summed E-state index contributed by atoms with van der Waals surface area (Å²) in [7, 11) is 0. The van der Waals surface area contributed by atoms with Crippen LogP contribution < -0.4 is 38.9 Å². The van der Waals surface area contributed by atoms with Gasteiger partial charge in [0.05, 0.1) is 12.5 Å². The van der Waals surface area contributed by atoms with Gasteiger partial charge < -0.3 is 44.0 Å². The van der Waals surface area contributed by atoms with Gasteiger partial charge in [-0.25, -0.2) is 4.79 Å². The van der Waals surface area contributed by atoms with E-state index in [-0.39, 0.29) is 18.8 Å². The summed E-state index contributed by atoms with van der Waals surface area (Å²) in [4.78, 5) is 61.1. The van der Waals surface area contributed by atoms with Crippen molar-refractivity contribution in [1.82, 2.24) is 16.0 Å². The number of nitrogens with one attached hydrogen (secondary N) is 3. The Hall–Kier alpha value is -2.77. The summed E-state index contributed by atoms with van der Waals surface area (Å²) in [6.07, 6.45) is 2.76. The minimum absolute atomic E-state index is 0.101. The highest BCUT2D eigenvalue weighted by molar-refractivity contribution is 5.94. The number of amides is 4. The van der Waals surface area contributed by atoms with Gasteiger partial charge in [0.25, 0.3) is 0 Å². The standard InChI is InChI=1S/C22H43N7O6/c1-3-13(2)18(26)21(33)28-15(9-5-7-11-24)19(31)27-14(8-4-6-10-23)20(32)29-16(22(34)35)12-17(25)30/h13-16,18H,3-12,23-24,26H2,1-2H3,(H2,25,30)(H,27,31)(H,28,33)(H,29,32)(H,34,35). The third kappa shape index (κ3) is 13.0. The van der Waals surface area contributed by atoms with E-state index in [1.54, 1.807) is 0 Å². The first-order chi connectivity index (χ1) is 16.5. The van der Waals surface area contributed by atoms with Crippen molar-refractivity contribution < 1.29 is 29.1 Å². The molecule has 0 aromatic rings. The van der Waals surface area contributed by atoms with Crippen molar-refractivity contribution >= 4 is 29.6 Å². The van der Waals surface area contributed by atoms with Crippen molar-refractivity contribution in [1.29, 1.82) is 0 Å². The molecule has 202 valence electrons. The number of carboxylic acid groups (broad SMARTS) is 1. The van der Waals surface area contributed by atoms with Crippen LogP contribution in [0.4, 0.5) is 0 Å². The van der Waals surface area contributed by atoms with Crippen molar-refractivity contribution in [3.05, 3.63) is 0 Å². The normalized spacial score (nSPS) is 15.2. The Bertz CT molecular complexity index is 706. The number of primary amides is 1. The minimum Gasteiger partial charge on any atom is -0.480 e. The molecule has 0 fully saturated rings. The van der Waals surface area contributed by atoms with E-state index in [2.05, 4.69) is 16.0 Å². The Morgan fingerprint density at radius 2 is 1.20 bits per heavy atom. The Morgan fingerprint density at radius 1 is 0.771 bits per heavy atom. The van der Waals surface area contributed by atoms with E-state index in [9.17, 15) is 29.1 Å². The van der Waals surface area contributed by atoms with Gasteiger partial charge >= 0.3 is 5.97 Å². The average molecular weight is 502 g/mol. The molecule has 0 aliphatic carbocycles. The summed E-state index contributed by atoms with van der Waals surface area (Å²) >= 11 is 0. The molecule has 0 heterocycles. The van der Waals surface area contributed by atoms with Crippen LogP contribution in [-0.4, -0.2) is 72.0 Å². The van der Waals surface area contributed by atoms with Crippen LogP contribution in [0.2, 0.25) is 0 Å². The maximum absolute atomic E-state index is 13.1. The smallest absolute Gasteiger partial charge is 0.326 e. The van der Waals surface area contributed by atoms with Crippen LogP contribution in [0.5, 0.6) is 0 Å². The molecule has 0 aromatic heterocycles. The fourth-order valence-electron chi connectivity index (χ4n) is 3.25. The van der Waals surface area contributed by atoms with Gasteiger partial charge in [-0.3, -0.25) is 19.2 Å². The number of nitrogens with two attached hydrogens (primary N) is 4. The molecule has 0 saturated heterocycles. The Morgan fingerprint density at radius 3 is 1.57 bits per heavy atom. The van der Waals surface area contributed by atoms with Crippen molar-refractivity contribution in [2.24, 2.45) is 28.9 Å². The molecule has 0 aromatic carbocycles. The van der Waals surface area contributed by atoms with Crippen LogP contribution in [0.1, 0.15) is 65.2 Å². The number of rotatable bonds is 19. The maximum Gasteiger partial charge on any atom is 0.326 e. The molecular weight excluding hydrogens is 458 g/mol. The summed E-state index contributed by atoms with van der Waals surface area (Å²) in [5.41, 5.74) is 22.1. The third-order valence-electron chi connectivity index (χ3n) is 5.74. The highest BCUT2D eigenvalue weighted by Crippen LogP contribution is 2.09. The van der Waals surface area contributed by atoms with Gasteiger partial charge in [0, 0.05) is 0 Å². The van der Waals surface area contributed by atoms with E-state index < -0.39 is 60.2 Å². The number of aliphatic carboxylic acids is 1. The molecule has 12 N–H and O–H groups in total. The summed E-state index contributed by atoms with van der Waals surface area (Å²) in [6, 6.07) is -4.42. The van der Waals surface area contributed by atoms with E-state index in [1.165, 1.54) is 0 Å². The van der Waals surface area contributed by atoms with Gasteiger partial charge in [0.1, 0.15) is 18.1 Å². The van der Waals surface area contributed by atoms with Crippen LogP contribution in [0, 0.1) is 5.92 Å². The zero-order chi connectivity index (χ0) is 27.0. The molecule has 0 spiro atoms. The molecular formula is C22H43N7O6. The van der Waals surface area contributed by atoms with Gasteiger partial charge in [-0.2, -0.15) is 0 Å². The topological polar surface area (TPSA) is 246 Å². The SMILES string of the molecule is CCC(C)C(N)C(=O)NC(CCCCN)C(=O)NC(CCCCN)C(=O)NC(CC(N)=O)C(=O)O. The van der Waals surface area contributed by atoms with E-state index in [0.717, 1.165) is 0 Å². The molecule has 0 aliphatic heterocycles. The van der Waals surface area contributed by atoms with Gasteiger partial charge in [-0.15, -0.1) is 0 Å². The van der Waals surface area contributed by atoms with Crippen LogP contribution in [-0.2, 0) is 24.0 Å². The number of carboxylic acids is 1. The number of hydrogen-bond acceptors (Lipinski definition) is 8. The Kier molecular flexibility index (Phi) is 16.2. The lowest BCUT2D eigenvalue weighted by Crippen LogP contribution is -2.57. The van der Waals surface area contributed by atoms with Crippen molar-refractivity contribution in [3.63, 3.8) is 0 Å². The highest BCUT2D eigenvalue weighted by Gasteiger charge is 2.31. The van der Waals surface area contributed by atoms with E-state index >= 15 is 0 Å². The lowest BCUT2D eigenvalue weighted by atomic mass is 9.98. The molecule has 0 saturated carbocycles. The molecule has 5 atom stereocenters. The van der Waals surface area contributed by atoms with Crippen LogP contribution in [0.25, 0.3) is 0 Å². The third-order valence-corrected chi connectivity index (χ3v) is 5.74. The molecule has 0 radical (unpaired) electrons. The van der Waals surface area contributed by atoms with E-state index in [1.807, 2.05) is 13.8 Å². The summed E-state index contributed by atoms with van der Waals surface area (Å²) in [5.74, 6) is -4.31. The summed E-state index contributed by atoms with van der Waals surface area (Å²) in [6.45, 7) is 4.51. The second-order valence-electron chi connectivity index (χ2n) is 8.67. The van der Waals surface area contributed by atoms with Crippen LogP contribution >= 0.6 is 0 Å². The fraction of sp³-hybridized carbons (Fsp3) is 0.773. The largest absolute Gasteiger partial charge is 0.480 e. The van der Waals surface area contributed by atoms with Crippen molar-refractivity contribution in [2.45, 2.75) is 89.4 Å². The minimum atomic E-state index is -1.54. The monoisotopic (exact) mass is 501 g/mol. The lowest BCUT2D eigenvalue weighted by molar-refractivity contribution is -0.143. The zero-order valence-corrected chi connectivity index (χ0v) is 20.8. The predicted octanol–water partition coefficient (Wildman–Crippen LogP) is -1.97. The van der Waals surface area contributed by atoms with Crippen LogP contribution in [0.15, 0.2) is 0 Å². The van der Waals surface area contributed by atoms with Crippen LogP contribution in [0.3, 0.4) is 0 Å². The fourth-order valence-corrected chi connectivity index (χ4v) is 3.25. The zero-order valence-electron chi connectivity index (χ0n) is 20.8. The Labute approximate surface area is 206 Å². The van der Waals surface area contributed by atoms with E-state index in [0.29, 0.717) is 45.2 Å². The first-order valence-electron chi connectivity index (χ1n) is 12.1. The summed E-state index contributed by atoms with van der Waals surface area (Å²) < 4.78 is 0. The molecule has 35 heavy (non-hydrogen) atoms. The summed E-state index contributed by atoms with van der Waals surface area (Å²) in [5, 5.41) is 16.8. The maximum atomic E-state index is 13.1. The highest BCUT2D eigenvalue weighted by atomic mass is 16.4. The molecule has 13 heteroatoms. The van der Waals surface area contributed by atoms with Gasteiger partial charge in [0.15, 0.2) is 0 Å². The van der Waals surface area contributed by atoms with Gasteiger partial charge in [-0.05, 0) is 57.5 Å².